The molecule has 2 nitrogen and oxygen atoms in total. The Hall–Kier alpha value is -1.16. The van der Waals surface area contributed by atoms with Gasteiger partial charge < -0.3 is 4.43 Å². The highest BCUT2D eigenvalue weighted by Crippen LogP contribution is 2.24. The fourth-order valence-corrected chi connectivity index (χ4v) is 2.09. The van der Waals surface area contributed by atoms with E-state index in [-0.39, 0.29) is 11.3 Å². The van der Waals surface area contributed by atoms with Crippen molar-refractivity contribution in [3.8, 4) is 5.75 Å². The number of hydrogen-bond donors (Lipinski definition) is 0. The van der Waals surface area contributed by atoms with Crippen molar-refractivity contribution in [3.63, 3.8) is 0 Å². The first-order valence-electron chi connectivity index (χ1n) is 4.80. The molecule has 0 atom stereocenters. The van der Waals surface area contributed by atoms with Crippen molar-refractivity contribution < 1.29 is 13.6 Å². The number of benzene rings is 1. The van der Waals surface area contributed by atoms with Gasteiger partial charge in [-0.15, -0.1) is 0 Å². The molecule has 15 heavy (non-hydrogen) atoms. The molecule has 0 aliphatic heterocycles. The SMILES string of the molecule is CC(=O)c1c(F)cccc1O[Si](C)(C)C. The zero-order chi connectivity index (χ0) is 11.6. The van der Waals surface area contributed by atoms with E-state index in [4.69, 9.17) is 4.43 Å². The van der Waals surface area contributed by atoms with Crippen LogP contribution in [0.3, 0.4) is 0 Å². The van der Waals surface area contributed by atoms with Crippen LogP contribution in [0.15, 0.2) is 18.2 Å². The van der Waals surface area contributed by atoms with Crippen LogP contribution in [0.1, 0.15) is 17.3 Å². The Kier molecular flexibility index (Phi) is 3.29. The predicted molar refractivity (Wildman–Crippen MR) is 60.4 cm³/mol. The molecule has 0 unspecified atom stereocenters. The molecule has 0 aliphatic carbocycles. The Balaban J connectivity index is 3.18. The Morgan fingerprint density at radius 2 is 1.93 bits per heavy atom. The lowest BCUT2D eigenvalue weighted by atomic mass is 10.1. The number of halogens is 1. The fraction of sp³-hybridized carbons (Fsp3) is 0.364. The summed E-state index contributed by atoms with van der Waals surface area (Å²) in [4.78, 5) is 11.3. The lowest BCUT2D eigenvalue weighted by molar-refractivity contribution is 0.101. The van der Waals surface area contributed by atoms with E-state index in [1.807, 2.05) is 19.6 Å². The van der Waals surface area contributed by atoms with Gasteiger partial charge in [-0.1, -0.05) is 6.07 Å². The van der Waals surface area contributed by atoms with Crippen LogP contribution in [0, 0.1) is 5.82 Å². The summed E-state index contributed by atoms with van der Waals surface area (Å²) >= 11 is 0. The van der Waals surface area contributed by atoms with E-state index >= 15 is 0 Å². The van der Waals surface area contributed by atoms with Gasteiger partial charge in [0.1, 0.15) is 11.6 Å². The Morgan fingerprint density at radius 3 is 2.40 bits per heavy atom. The summed E-state index contributed by atoms with van der Waals surface area (Å²) in [5.74, 6) is -0.457. The third kappa shape index (κ3) is 3.16. The van der Waals surface area contributed by atoms with Crippen molar-refractivity contribution in [3.05, 3.63) is 29.6 Å². The normalized spacial score (nSPS) is 11.3. The average molecular weight is 226 g/mol. The van der Waals surface area contributed by atoms with Crippen LogP contribution < -0.4 is 4.43 Å². The molecule has 0 bridgehead atoms. The third-order valence-electron chi connectivity index (χ3n) is 1.74. The highest BCUT2D eigenvalue weighted by molar-refractivity contribution is 6.70. The second kappa shape index (κ2) is 4.14. The molecule has 0 aromatic heterocycles. The van der Waals surface area contributed by atoms with Crippen molar-refractivity contribution >= 4 is 14.1 Å². The van der Waals surface area contributed by atoms with Crippen LogP contribution in [-0.2, 0) is 0 Å². The van der Waals surface area contributed by atoms with E-state index in [1.54, 1.807) is 12.1 Å². The van der Waals surface area contributed by atoms with Gasteiger partial charge in [-0.25, -0.2) is 4.39 Å². The summed E-state index contributed by atoms with van der Waals surface area (Å²) < 4.78 is 19.0. The molecular weight excluding hydrogens is 211 g/mol. The number of rotatable bonds is 3. The van der Waals surface area contributed by atoms with Crippen molar-refractivity contribution in [2.75, 3.05) is 0 Å². The van der Waals surface area contributed by atoms with Crippen molar-refractivity contribution in [2.45, 2.75) is 26.6 Å². The predicted octanol–water partition coefficient (Wildman–Crippen LogP) is 3.24. The van der Waals surface area contributed by atoms with Crippen molar-refractivity contribution in [1.29, 1.82) is 0 Å². The molecule has 0 spiro atoms. The lowest BCUT2D eigenvalue weighted by Crippen LogP contribution is -2.30. The second-order valence-electron chi connectivity index (χ2n) is 4.38. The summed E-state index contributed by atoms with van der Waals surface area (Å²) in [6.45, 7) is 7.31. The summed E-state index contributed by atoms with van der Waals surface area (Å²) in [6.07, 6.45) is 0. The highest BCUT2D eigenvalue weighted by atomic mass is 28.4. The summed E-state index contributed by atoms with van der Waals surface area (Å²) in [7, 11) is -1.82. The molecule has 1 aromatic rings. The van der Waals surface area contributed by atoms with E-state index in [0.717, 1.165) is 0 Å². The van der Waals surface area contributed by atoms with Gasteiger partial charge in [0.05, 0.1) is 5.56 Å². The van der Waals surface area contributed by atoms with Gasteiger partial charge >= 0.3 is 0 Å². The van der Waals surface area contributed by atoms with Gasteiger partial charge in [0.2, 0.25) is 8.32 Å². The average Bonchev–Trinajstić information content (AvgIpc) is 1.99. The van der Waals surface area contributed by atoms with Crippen LogP contribution in [-0.4, -0.2) is 14.1 Å². The second-order valence-corrected chi connectivity index (χ2v) is 8.81. The maximum atomic E-state index is 13.4. The van der Waals surface area contributed by atoms with Gasteiger partial charge in [-0.05, 0) is 38.7 Å². The van der Waals surface area contributed by atoms with E-state index in [1.165, 1.54) is 13.0 Å². The Bertz CT molecular complexity index is 383. The summed E-state index contributed by atoms with van der Waals surface area (Å²) in [5, 5.41) is 0. The molecule has 1 rings (SSSR count). The minimum Gasteiger partial charge on any atom is -0.544 e. The van der Waals surface area contributed by atoms with Gasteiger partial charge in [-0.2, -0.15) is 0 Å². The highest BCUT2D eigenvalue weighted by Gasteiger charge is 2.21. The molecule has 1 aromatic carbocycles. The number of hydrogen-bond acceptors (Lipinski definition) is 2. The fourth-order valence-electron chi connectivity index (χ4n) is 1.26. The standard InChI is InChI=1S/C11H15FO2Si/c1-8(13)11-9(12)6-5-7-10(11)14-15(2,3)4/h5-7H,1-4H3. The van der Waals surface area contributed by atoms with Gasteiger partial charge in [-0.3, -0.25) is 4.79 Å². The van der Waals surface area contributed by atoms with E-state index in [2.05, 4.69) is 0 Å². The summed E-state index contributed by atoms with van der Waals surface area (Å²) in [5.41, 5.74) is 0.0555. The molecule has 0 radical (unpaired) electrons. The van der Waals surface area contributed by atoms with Gasteiger partial charge in [0.15, 0.2) is 5.78 Å². The maximum absolute atomic E-state index is 13.4. The first-order chi connectivity index (χ1) is 6.81. The molecule has 0 N–H and O–H groups in total. The maximum Gasteiger partial charge on any atom is 0.242 e. The third-order valence-corrected chi connectivity index (χ3v) is 2.58. The molecule has 0 amide bonds. The van der Waals surface area contributed by atoms with Gasteiger partial charge in [0.25, 0.3) is 0 Å². The number of Topliss-reactive ketones (excluding diaryl/α,β-unsaturated/α-hetero) is 1. The van der Waals surface area contributed by atoms with Crippen LogP contribution >= 0.6 is 0 Å². The molecular formula is C11H15FO2Si. The zero-order valence-electron chi connectivity index (χ0n) is 9.43. The first kappa shape index (κ1) is 11.9. The van der Waals surface area contributed by atoms with Crippen molar-refractivity contribution in [1.82, 2.24) is 0 Å². The smallest absolute Gasteiger partial charge is 0.242 e. The minimum absolute atomic E-state index is 0.0555. The largest absolute Gasteiger partial charge is 0.544 e. The molecule has 0 aliphatic rings. The van der Waals surface area contributed by atoms with E-state index < -0.39 is 14.1 Å². The number of carbonyl (C=O) groups excluding carboxylic acids is 1. The topological polar surface area (TPSA) is 26.3 Å². The summed E-state index contributed by atoms with van der Waals surface area (Å²) in [6, 6.07) is 4.46. The van der Waals surface area contributed by atoms with Crippen LogP contribution in [0.4, 0.5) is 4.39 Å². The molecule has 4 heteroatoms. The quantitative estimate of drug-likeness (QED) is 0.584. The molecule has 82 valence electrons. The number of ketones is 1. The first-order valence-corrected chi connectivity index (χ1v) is 8.20. The number of carbonyl (C=O) groups is 1. The molecule has 0 saturated heterocycles. The Morgan fingerprint density at radius 1 is 1.33 bits per heavy atom. The monoisotopic (exact) mass is 226 g/mol. The van der Waals surface area contributed by atoms with Gasteiger partial charge in [0, 0.05) is 0 Å². The molecule has 0 saturated carbocycles. The Labute approximate surface area is 90.2 Å². The van der Waals surface area contributed by atoms with Crippen molar-refractivity contribution in [2.24, 2.45) is 0 Å². The van der Waals surface area contributed by atoms with E-state index in [9.17, 15) is 9.18 Å². The van der Waals surface area contributed by atoms with Crippen LogP contribution in [0.5, 0.6) is 5.75 Å². The zero-order valence-corrected chi connectivity index (χ0v) is 10.4. The molecule has 0 fully saturated rings. The van der Waals surface area contributed by atoms with Crippen LogP contribution in [0.2, 0.25) is 19.6 Å². The van der Waals surface area contributed by atoms with Crippen LogP contribution in [0.25, 0.3) is 0 Å². The molecule has 0 heterocycles. The van der Waals surface area contributed by atoms with E-state index in [0.29, 0.717) is 5.75 Å². The lowest BCUT2D eigenvalue weighted by Gasteiger charge is -2.21. The minimum atomic E-state index is -1.82.